The second-order valence-corrected chi connectivity index (χ2v) is 9.02. The predicted octanol–water partition coefficient (Wildman–Crippen LogP) is 2.55. The monoisotopic (exact) mass is 367 g/mol. The molecule has 1 fully saturated rings. The lowest BCUT2D eigenvalue weighted by atomic mass is 10.1. The van der Waals surface area contributed by atoms with Gasteiger partial charge in [-0.2, -0.15) is 9.40 Å². The summed E-state index contributed by atoms with van der Waals surface area (Å²) in [7, 11) is -3.47. The Morgan fingerprint density at radius 3 is 2.83 bits per heavy atom. The van der Waals surface area contributed by atoms with Gasteiger partial charge in [-0.15, -0.1) is 11.3 Å². The molecule has 0 unspecified atom stereocenters. The Morgan fingerprint density at radius 1 is 1.33 bits per heavy atom. The summed E-state index contributed by atoms with van der Waals surface area (Å²) in [6, 6.07) is 4.80. The number of piperidine rings is 1. The summed E-state index contributed by atoms with van der Waals surface area (Å²) in [5, 5.41) is 6.07. The van der Waals surface area contributed by atoms with Gasteiger partial charge in [-0.05, 0) is 38.8 Å². The van der Waals surface area contributed by atoms with Crippen molar-refractivity contribution in [1.82, 2.24) is 14.1 Å². The molecule has 0 aromatic carbocycles. The van der Waals surface area contributed by atoms with Crippen molar-refractivity contribution in [2.45, 2.75) is 49.9 Å². The molecule has 0 aliphatic carbocycles. The Bertz CT molecular complexity index is 886. The highest BCUT2D eigenvalue weighted by Crippen LogP contribution is 2.32. The SMILES string of the molecule is CCn1nc(-c2csc(S(=O)(=O)N3CCCC[C@@H]3C)c2)ccc1=O. The van der Waals surface area contributed by atoms with Gasteiger partial charge in [-0.25, -0.2) is 13.1 Å². The molecule has 8 heteroatoms. The van der Waals surface area contributed by atoms with E-state index in [2.05, 4.69) is 5.10 Å². The highest BCUT2D eigenvalue weighted by atomic mass is 32.2. The van der Waals surface area contributed by atoms with Gasteiger partial charge in [-0.3, -0.25) is 4.79 Å². The van der Waals surface area contributed by atoms with Crippen molar-refractivity contribution >= 4 is 21.4 Å². The maximum atomic E-state index is 12.9. The second-order valence-electron chi connectivity index (χ2n) is 5.99. The largest absolute Gasteiger partial charge is 0.268 e. The first kappa shape index (κ1) is 17.3. The van der Waals surface area contributed by atoms with E-state index in [0.29, 0.717) is 23.0 Å². The van der Waals surface area contributed by atoms with Crippen molar-refractivity contribution in [1.29, 1.82) is 0 Å². The van der Waals surface area contributed by atoms with Crippen molar-refractivity contribution in [2.75, 3.05) is 6.54 Å². The van der Waals surface area contributed by atoms with Crippen LogP contribution in [0.15, 0.2) is 32.6 Å². The number of thiophene rings is 1. The molecule has 0 spiro atoms. The number of aryl methyl sites for hydroxylation is 1. The fraction of sp³-hybridized carbons (Fsp3) is 0.500. The predicted molar refractivity (Wildman–Crippen MR) is 94.7 cm³/mol. The van der Waals surface area contributed by atoms with E-state index < -0.39 is 10.0 Å². The van der Waals surface area contributed by atoms with Gasteiger partial charge in [0.25, 0.3) is 15.6 Å². The van der Waals surface area contributed by atoms with Crippen LogP contribution in [-0.2, 0) is 16.6 Å². The van der Waals surface area contributed by atoms with E-state index in [-0.39, 0.29) is 11.6 Å². The van der Waals surface area contributed by atoms with Gasteiger partial charge in [0.15, 0.2) is 0 Å². The van der Waals surface area contributed by atoms with E-state index in [0.717, 1.165) is 24.8 Å². The molecule has 0 amide bonds. The average molecular weight is 367 g/mol. The summed E-state index contributed by atoms with van der Waals surface area (Å²) in [5.41, 5.74) is 1.18. The molecule has 0 bridgehead atoms. The number of nitrogens with zero attached hydrogens (tertiary/aromatic N) is 3. The van der Waals surface area contributed by atoms with Crippen molar-refractivity contribution in [2.24, 2.45) is 0 Å². The topological polar surface area (TPSA) is 72.3 Å². The maximum absolute atomic E-state index is 12.9. The molecular weight excluding hydrogens is 346 g/mol. The molecule has 1 aliphatic rings. The summed E-state index contributed by atoms with van der Waals surface area (Å²) >= 11 is 1.21. The smallest absolute Gasteiger partial charge is 0.266 e. The zero-order valence-electron chi connectivity index (χ0n) is 13.8. The average Bonchev–Trinajstić information content (AvgIpc) is 3.06. The molecule has 130 valence electrons. The normalized spacial score (nSPS) is 19.5. The molecule has 2 aromatic rings. The van der Waals surface area contributed by atoms with Crippen LogP contribution in [0, 0.1) is 0 Å². The van der Waals surface area contributed by atoms with E-state index in [4.69, 9.17) is 0 Å². The van der Waals surface area contributed by atoms with Crippen LogP contribution in [0.4, 0.5) is 0 Å². The van der Waals surface area contributed by atoms with E-state index in [1.807, 2.05) is 13.8 Å². The summed E-state index contributed by atoms with van der Waals surface area (Å²) in [6.45, 7) is 4.87. The Balaban J connectivity index is 1.94. The molecule has 3 rings (SSSR count). The first-order valence-corrected chi connectivity index (χ1v) is 10.4. The Hall–Kier alpha value is -1.51. The lowest BCUT2D eigenvalue weighted by Gasteiger charge is -2.31. The van der Waals surface area contributed by atoms with Crippen LogP contribution >= 0.6 is 11.3 Å². The molecule has 0 radical (unpaired) electrons. The third kappa shape index (κ3) is 3.18. The summed E-state index contributed by atoms with van der Waals surface area (Å²) in [4.78, 5) is 11.6. The number of hydrogen-bond acceptors (Lipinski definition) is 5. The first-order chi connectivity index (χ1) is 11.4. The van der Waals surface area contributed by atoms with Crippen molar-refractivity contribution < 1.29 is 8.42 Å². The zero-order chi connectivity index (χ0) is 17.3. The van der Waals surface area contributed by atoms with Crippen LogP contribution in [0.1, 0.15) is 33.1 Å². The molecule has 1 saturated heterocycles. The van der Waals surface area contributed by atoms with Gasteiger partial charge in [0.1, 0.15) is 4.21 Å². The molecule has 24 heavy (non-hydrogen) atoms. The van der Waals surface area contributed by atoms with E-state index in [1.165, 1.54) is 22.1 Å². The third-order valence-corrected chi connectivity index (χ3v) is 7.77. The second kappa shape index (κ2) is 6.78. The molecule has 1 atom stereocenters. The van der Waals surface area contributed by atoms with Gasteiger partial charge in [-0.1, -0.05) is 6.42 Å². The lowest BCUT2D eigenvalue weighted by molar-refractivity contribution is 0.269. The van der Waals surface area contributed by atoms with Gasteiger partial charge >= 0.3 is 0 Å². The molecule has 1 aliphatic heterocycles. The minimum Gasteiger partial charge on any atom is -0.268 e. The van der Waals surface area contributed by atoms with Crippen molar-refractivity contribution in [3.8, 4) is 11.3 Å². The summed E-state index contributed by atoms with van der Waals surface area (Å²) in [6.07, 6.45) is 2.89. The quantitative estimate of drug-likeness (QED) is 0.832. The van der Waals surface area contributed by atoms with Crippen LogP contribution in [-0.4, -0.2) is 35.1 Å². The number of hydrogen-bond donors (Lipinski definition) is 0. The van der Waals surface area contributed by atoms with Crippen LogP contribution in [0.25, 0.3) is 11.3 Å². The van der Waals surface area contributed by atoms with Crippen molar-refractivity contribution in [3.05, 3.63) is 33.9 Å². The van der Waals surface area contributed by atoms with Crippen molar-refractivity contribution in [3.63, 3.8) is 0 Å². The molecule has 3 heterocycles. The van der Waals surface area contributed by atoms with Gasteiger partial charge < -0.3 is 0 Å². The number of sulfonamides is 1. The fourth-order valence-electron chi connectivity index (χ4n) is 2.96. The lowest BCUT2D eigenvalue weighted by Crippen LogP contribution is -2.41. The van der Waals surface area contributed by atoms with E-state index in [1.54, 1.807) is 21.8 Å². The highest BCUT2D eigenvalue weighted by molar-refractivity contribution is 7.91. The maximum Gasteiger partial charge on any atom is 0.266 e. The molecular formula is C16H21N3O3S2. The number of rotatable bonds is 4. The van der Waals surface area contributed by atoms with Gasteiger partial charge in [0.2, 0.25) is 0 Å². The van der Waals surface area contributed by atoms with Crippen LogP contribution in [0.3, 0.4) is 0 Å². The Morgan fingerprint density at radius 2 is 2.12 bits per heavy atom. The third-order valence-electron chi connectivity index (χ3n) is 4.34. The van der Waals surface area contributed by atoms with E-state index >= 15 is 0 Å². The molecule has 0 saturated carbocycles. The molecule has 2 aromatic heterocycles. The van der Waals surface area contributed by atoms with E-state index in [9.17, 15) is 13.2 Å². The Labute approximate surface area is 145 Å². The van der Waals surface area contributed by atoms with Crippen LogP contribution in [0.5, 0.6) is 0 Å². The molecule has 6 nitrogen and oxygen atoms in total. The highest BCUT2D eigenvalue weighted by Gasteiger charge is 2.32. The summed E-state index contributed by atoms with van der Waals surface area (Å²) in [5.74, 6) is 0. The van der Waals surface area contributed by atoms with Gasteiger partial charge in [0.05, 0.1) is 5.69 Å². The fourth-order valence-corrected chi connectivity index (χ4v) is 5.96. The summed E-state index contributed by atoms with van der Waals surface area (Å²) < 4.78 is 29.1. The van der Waals surface area contributed by atoms with Gasteiger partial charge in [0, 0.05) is 36.1 Å². The van der Waals surface area contributed by atoms with Crippen LogP contribution in [0.2, 0.25) is 0 Å². The Kier molecular flexibility index (Phi) is 4.89. The molecule has 0 N–H and O–H groups in total. The standard InChI is InChI=1S/C16H21N3O3S2/c1-3-18-15(20)8-7-14(17-18)13-10-16(23-11-13)24(21,22)19-9-5-4-6-12(19)2/h7-8,10-12H,3-6,9H2,1-2H3/t12-/m0/s1. The minimum absolute atomic E-state index is 0.0365. The zero-order valence-corrected chi connectivity index (χ0v) is 15.4. The van der Waals surface area contributed by atoms with Crippen LogP contribution < -0.4 is 5.56 Å². The first-order valence-electron chi connectivity index (χ1n) is 8.12. The number of aromatic nitrogens is 2. The minimum atomic E-state index is -3.47.